The first-order chi connectivity index (χ1) is 8.54. The van der Waals surface area contributed by atoms with Gasteiger partial charge in [-0.2, -0.15) is 13.1 Å². The van der Waals surface area contributed by atoms with Crippen LogP contribution in [0.15, 0.2) is 24.3 Å². The van der Waals surface area contributed by atoms with Crippen LogP contribution in [0.2, 0.25) is 0 Å². The third-order valence-corrected chi connectivity index (χ3v) is 4.05. The van der Waals surface area contributed by atoms with Crippen LogP contribution in [-0.2, 0) is 16.8 Å². The van der Waals surface area contributed by atoms with Crippen molar-refractivity contribution in [3.8, 4) is 0 Å². The molecule has 0 bridgehead atoms. The van der Waals surface area contributed by atoms with Gasteiger partial charge in [0, 0.05) is 6.54 Å². The van der Waals surface area contributed by atoms with Crippen LogP contribution in [0.25, 0.3) is 0 Å². The van der Waals surface area contributed by atoms with E-state index in [9.17, 15) is 8.42 Å². The molecule has 0 amide bonds. The van der Waals surface area contributed by atoms with E-state index in [1.165, 1.54) is 37.7 Å². The average Bonchev–Trinajstić information content (AvgIpc) is 2.37. The molecule has 3 N–H and O–H groups in total. The molecule has 1 aliphatic carbocycles. The van der Waals surface area contributed by atoms with Gasteiger partial charge in [0.25, 0.3) is 10.2 Å². The average molecular weight is 268 g/mol. The van der Waals surface area contributed by atoms with Gasteiger partial charge in [0.2, 0.25) is 0 Å². The van der Waals surface area contributed by atoms with E-state index >= 15 is 0 Å². The zero-order valence-electron chi connectivity index (χ0n) is 10.4. The minimum Gasteiger partial charge on any atom is -0.216 e. The fourth-order valence-corrected chi connectivity index (χ4v) is 2.94. The largest absolute Gasteiger partial charge is 0.274 e. The van der Waals surface area contributed by atoms with Crippen molar-refractivity contribution in [1.82, 2.24) is 4.72 Å². The molecule has 4 nitrogen and oxygen atoms in total. The van der Waals surface area contributed by atoms with Crippen molar-refractivity contribution in [2.75, 3.05) is 0 Å². The van der Waals surface area contributed by atoms with Gasteiger partial charge >= 0.3 is 0 Å². The van der Waals surface area contributed by atoms with Gasteiger partial charge in [0.05, 0.1) is 0 Å². The van der Waals surface area contributed by atoms with Crippen LogP contribution in [0.1, 0.15) is 49.1 Å². The van der Waals surface area contributed by atoms with Crippen molar-refractivity contribution >= 4 is 10.2 Å². The number of benzene rings is 1. The Kier molecular flexibility index (Phi) is 4.37. The number of hydrogen-bond acceptors (Lipinski definition) is 2. The maximum atomic E-state index is 10.9. The summed E-state index contributed by atoms with van der Waals surface area (Å²) in [7, 11) is -3.61. The van der Waals surface area contributed by atoms with E-state index in [-0.39, 0.29) is 6.54 Å². The van der Waals surface area contributed by atoms with E-state index in [0.717, 1.165) is 5.56 Å². The zero-order valence-corrected chi connectivity index (χ0v) is 11.2. The maximum absolute atomic E-state index is 10.9. The molecule has 0 aliphatic heterocycles. The Morgan fingerprint density at radius 2 is 1.94 bits per heavy atom. The highest BCUT2D eigenvalue weighted by molar-refractivity contribution is 7.87. The lowest BCUT2D eigenvalue weighted by molar-refractivity contribution is 0.443. The summed E-state index contributed by atoms with van der Waals surface area (Å²) < 4.78 is 24.0. The van der Waals surface area contributed by atoms with Crippen LogP contribution in [-0.4, -0.2) is 8.42 Å². The molecule has 0 aromatic heterocycles. The van der Waals surface area contributed by atoms with Gasteiger partial charge in [-0.05, 0) is 29.9 Å². The summed E-state index contributed by atoms with van der Waals surface area (Å²) in [5, 5.41) is 4.93. The Morgan fingerprint density at radius 3 is 2.61 bits per heavy atom. The lowest BCUT2D eigenvalue weighted by atomic mass is 9.84. The number of nitrogens with one attached hydrogen (secondary N) is 1. The smallest absolute Gasteiger partial charge is 0.216 e. The van der Waals surface area contributed by atoms with Gasteiger partial charge in [0.1, 0.15) is 0 Å². The first-order valence-corrected chi connectivity index (χ1v) is 7.95. The third kappa shape index (κ3) is 4.08. The number of rotatable bonds is 4. The fourth-order valence-electron chi connectivity index (χ4n) is 2.58. The molecule has 0 saturated heterocycles. The van der Waals surface area contributed by atoms with Crippen molar-refractivity contribution in [2.45, 2.75) is 44.6 Å². The molecular weight excluding hydrogens is 248 g/mol. The second-order valence-corrected chi connectivity index (χ2v) is 6.32. The second-order valence-electron chi connectivity index (χ2n) is 4.95. The van der Waals surface area contributed by atoms with Gasteiger partial charge in [-0.25, -0.2) is 5.14 Å². The van der Waals surface area contributed by atoms with Gasteiger partial charge in [-0.15, -0.1) is 0 Å². The predicted octanol–water partition coefficient (Wildman–Crippen LogP) is 2.03. The molecule has 1 fully saturated rings. The van der Waals surface area contributed by atoms with Gasteiger partial charge < -0.3 is 0 Å². The number of nitrogens with two attached hydrogens (primary N) is 1. The van der Waals surface area contributed by atoms with Crippen LogP contribution < -0.4 is 9.86 Å². The zero-order chi connectivity index (χ0) is 13.0. The normalized spacial score (nSPS) is 17.8. The Morgan fingerprint density at radius 1 is 1.22 bits per heavy atom. The highest BCUT2D eigenvalue weighted by Crippen LogP contribution is 2.32. The van der Waals surface area contributed by atoms with E-state index in [4.69, 9.17) is 5.14 Å². The monoisotopic (exact) mass is 268 g/mol. The molecule has 1 aromatic carbocycles. The topological polar surface area (TPSA) is 72.2 Å². The third-order valence-electron chi connectivity index (χ3n) is 3.51. The number of hydrogen-bond donors (Lipinski definition) is 2. The summed E-state index contributed by atoms with van der Waals surface area (Å²) in [5.41, 5.74) is 2.29. The minimum absolute atomic E-state index is 0.263. The molecule has 0 heterocycles. The molecule has 18 heavy (non-hydrogen) atoms. The molecule has 1 aromatic rings. The molecule has 5 heteroatoms. The van der Waals surface area contributed by atoms with Crippen molar-refractivity contribution in [3.05, 3.63) is 35.4 Å². The summed E-state index contributed by atoms with van der Waals surface area (Å²) >= 11 is 0. The predicted molar refractivity (Wildman–Crippen MR) is 72.2 cm³/mol. The fraction of sp³-hybridized carbons (Fsp3) is 0.538. The van der Waals surface area contributed by atoms with Crippen molar-refractivity contribution in [2.24, 2.45) is 5.14 Å². The molecule has 0 unspecified atom stereocenters. The van der Waals surface area contributed by atoms with Gasteiger partial charge in [-0.1, -0.05) is 43.5 Å². The molecule has 2 rings (SSSR count). The lowest BCUT2D eigenvalue weighted by Gasteiger charge is -2.22. The van der Waals surface area contributed by atoms with Crippen molar-refractivity contribution in [3.63, 3.8) is 0 Å². The van der Waals surface area contributed by atoms with E-state index in [1.807, 2.05) is 12.1 Å². The Labute approximate surface area is 109 Å². The Balaban J connectivity index is 2.04. The highest BCUT2D eigenvalue weighted by Gasteiger charge is 2.15. The summed E-state index contributed by atoms with van der Waals surface area (Å²) in [4.78, 5) is 0. The second kappa shape index (κ2) is 5.82. The van der Waals surface area contributed by atoms with Crippen LogP contribution in [0.3, 0.4) is 0 Å². The Hall–Kier alpha value is -0.910. The van der Waals surface area contributed by atoms with Gasteiger partial charge in [0.15, 0.2) is 0 Å². The Bertz CT molecular complexity index is 493. The van der Waals surface area contributed by atoms with Crippen LogP contribution in [0, 0.1) is 0 Å². The first-order valence-electron chi connectivity index (χ1n) is 6.41. The SMILES string of the molecule is NS(=O)(=O)NCc1cccc(C2CCCCC2)c1. The first kappa shape index (κ1) is 13.5. The lowest BCUT2D eigenvalue weighted by Crippen LogP contribution is -2.30. The highest BCUT2D eigenvalue weighted by atomic mass is 32.2. The van der Waals surface area contributed by atoms with Crippen molar-refractivity contribution in [1.29, 1.82) is 0 Å². The molecule has 1 aliphatic rings. The maximum Gasteiger partial charge on any atom is 0.274 e. The van der Waals surface area contributed by atoms with E-state index in [2.05, 4.69) is 16.9 Å². The van der Waals surface area contributed by atoms with Crippen LogP contribution >= 0.6 is 0 Å². The molecular formula is C13H20N2O2S. The molecule has 1 saturated carbocycles. The summed E-state index contributed by atoms with van der Waals surface area (Å²) in [6, 6.07) is 8.14. The molecule has 0 radical (unpaired) electrons. The van der Waals surface area contributed by atoms with Crippen LogP contribution in [0.5, 0.6) is 0 Å². The van der Waals surface area contributed by atoms with E-state index in [0.29, 0.717) is 5.92 Å². The summed E-state index contributed by atoms with van der Waals surface area (Å²) in [5.74, 6) is 0.633. The van der Waals surface area contributed by atoms with Gasteiger partial charge in [-0.3, -0.25) is 0 Å². The summed E-state index contributed by atoms with van der Waals surface area (Å²) in [6.07, 6.45) is 6.41. The summed E-state index contributed by atoms with van der Waals surface area (Å²) in [6.45, 7) is 0.263. The quantitative estimate of drug-likeness (QED) is 0.877. The standard InChI is InChI=1S/C13H20N2O2S/c14-18(16,17)15-10-11-5-4-8-13(9-11)12-6-2-1-3-7-12/h4-5,8-9,12,15H,1-3,6-7,10H2,(H2,14,16,17). The van der Waals surface area contributed by atoms with E-state index in [1.54, 1.807) is 0 Å². The molecule has 100 valence electrons. The van der Waals surface area contributed by atoms with Crippen LogP contribution in [0.4, 0.5) is 0 Å². The molecule has 0 atom stereocenters. The minimum atomic E-state index is -3.61. The molecule has 0 spiro atoms. The van der Waals surface area contributed by atoms with E-state index < -0.39 is 10.2 Å². The van der Waals surface area contributed by atoms with Crippen molar-refractivity contribution < 1.29 is 8.42 Å².